The highest BCUT2D eigenvalue weighted by Gasteiger charge is 2.37. The number of carbonyl (C=O) groups is 2. The van der Waals surface area contributed by atoms with E-state index in [0.29, 0.717) is 57.2 Å². The minimum atomic E-state index is -0.666. The van der Waals surface area contributed by atoms with Gasteiger partial charge < -0.3 is 24.2 Å². The summed E-state index contributed by atoms with van der Waals surface area (Å²) in [6, 6.07) is 8.86. The molecule has 3 heterocycles. The van der Waals surface area contributed by atoms with Crippen molar-refractivity contribution in [2.24, 2.45) is 5.92 Å². The first-order chi connectivity index (χ1) is 17.4. The number of ketones is 1. The number of nitriles is 1. The molecule has 4 rings (SSSR count). The number of Topliss-reactive ketones (excluding diaryl/α,β-unsaturated/α-hetero) is 1. The average molecular weight is 501 g/mol. The number of nitrogens with zero attached hydrogens (tertiary/aromatic N) is 4. The van der Waals surface area contributed by atoms with Gasteiger partial charge in [0.1, 0.15) is 30.9 Å². The molecule has 0 aromatic heterocycles. The van der Waals surface area contributed by atoms with Crippen LogP contribution >= 0.6 is 0 Å². The molecule has 3 aliphatic heterocycles. The summed E-state index contributed by atoms with van der Waals surface area (Å²) in [5.41, 5.74) is 0.562. The Balaban J connectivity index is 1.13. The van der Waals surface area contributed by atoms with Crippen LogP contribution in [0.15, 0.2) is 24.3 Å². The first-order valence-corrected chi connectivity index (χ1v) is 12.7. The fourth-order valence-electron chi connectivity index (χ4n) is 5.16. The van der Waals surface area contributed by atoms with Gasteiger partial charge in [-0.05, 0) is 57.1 Å². The molecular formula is C26H36N4O6. The predicted molar refractivity (Wildman–Crippen MR) is 131 cm³/mol. The van der Waals surface area contributed by atoms with E-state index in [0.717, 1.165) is 25.9 Å². The van der Waals surface area contributed by atoms with Crippen LogP contribution in [0.5, 0.6) is 5.75 Å². The van der Waals surface area contributed by atoms with Crippen molar-refractivity contribution in [1.29, 1.82) is 5.26 Å². The third kappa shape index (κ3) is 7.40. The third-order valence-corrected chi connectivity index (χ3v) is 7.11. The van der Waals surface area contributed by atoms with Crippen LogP contribution in [0.1, 0.15) is 25.3 Å². The molecule has 10 nitrogen and oxygen atoms in total. The number of hydrogen-bond donors (Lipinski definition) is 1. The Morgan fingerprint density at radius 1 is 1.11 bits per heavy atom. The maximum Gasteiger partial charge on any atom is 0.409 e. The minimum Gasteiger partial charge on any atom is -0.491 e. The van der Waals surface area contributed by atoms with Gasteiger partial charge in [0.15, 0.2) is 0 Å². The van der Waals surface area contributed by atoms with E-state index in [-0.39, 0.29) is 36.6 Å². The van der Waals surface area contributed by atoms with Crippen LogP contribution in [0, 0.1) is 17.2 Å². The molecule has 0 radical (unpaired) electrons. The lowest BCUT2D eigenvalue weighted by Crippen LogP contribution is -2.61. The molecule has 3 saturated heterocycles. The normalized spacial score (nSPS) is 24.1. The van der Waals surface area contributed by atoms with Crippen molar-refractivity contribution < 1.29 is 28.9 Å². The van der Waals surface area contributed by atoms with E-state index >= 15 is 0 Å². The van der Waals surface area contributed by atoms with Crippen LogP contribution in [0.2, 0.25) is 0 Å². The highest BCUT2D eigenvalue weighted by atomic mass is 16.6. The Labute approximate surface area is 212 Å². The lowest BCUT2D eigenvalue weighted by atomic mass is 9.93. The van der Waals surface area contributed by atoms with Gasteiger partial charge in [-0.15, -0.1) is 0 Å². The van der Waals surface area contributed by atoms with E-state index in [4.69, 9.17) is 19.5 Å². The molecule has 10 heteroatoms. The van der Waals surface area contributed by atoms with Crippen molar-refractivity contribution in [2.75, 3.05) is 65.6 Å². The number of benzene rings is 1. The number of aliphatic hydroxyl groups excluding tert-OH is 1. The van der Waals surface area contributed by atoms with Gasteiger partial charge in [-0.3, -0.25) is 14.6 Å². The second-order valence-electron chi connectivity index (χ2n) is 9.95. The lowest BCUT2D eigenvalue weighted by molar-refractivity contribution is -0.138. The van der Waals surface area contributed by atoms with Crippen molar-refractivity contribution in [2.45, 2.75) is 38.1 Å². The SMILES string of the molecule is CC(=O)C1CCN(CCOC(=O)N2CC3CN(CC(O)COc4ccc(C#N)cc4)CC(C2)O3)CC1. The Bertz CT molecular complexity index is 913. The first kappa shape index (κ1) is 26.4. The van der Waals surface area contributed by atoms with E-state index < -0.39 is 6.10 Å². The van der Waals surface area contributed by atoms with Crippen molar-refractivity contribution in [3.8, 4) is 11.8 Å². The standard InChI is InChI=1S/C26H36N4O6/c1-19(31)21-6-8-28(9-7-21)10-11-34-26(33)30-16-24-14-29(15-25(17-30)36-24)13-22(32)18-35-23-4-2-20(12-27)3-5-23/h2-5,21-22,24-25,32H,6-11,13-18H2,1H3. The van der Waals surface area contributed by atoms with Gasteiger partial charge in [0, 0.05) is 32.1 Å². The second-order valence-corrected chi connectivity index (χ2v) is 9.95. The maximum atomic E-state index is 12.6. The fraction of sp³-hybridized carbons (Fsp3) is 0.654. The Morgan fingerprint density at radius 2 is 1.78 bits per heavy atom. The quantitative estimate of drug-likeness (QED) is 0.532. The Hall–Kier alpha value is -2.71. The van der Waals surface area contributed by atoms with Crippen LogP contribution in [-0.4, -0.2) is 116 Å². The zero-order valence-corrected chi connectivity index (χ0v) is 20.9. The largest absolute Gasteiger partial charge is 0.491 e. The average Bonchev–Trinajstić information content (AvgIpc) is 2.87. The molecule has 1 aromatic rings. The molecule has 1 N–H and O–H groups in total. The van der Waals surface area contributed by atoms with E-state index in [1.165, 1.54) is 0 Å². The maximum absolute atomic E-state index is 12.6. The van der Waals surface area contributed by atoms with Crippen molar-refractivity contribution in [3.63, 3.8) is 0 Å². The number of ether oxygens (including phenoxy) is 3. The summed E-state index contributed by atoms with van der Waals surface area (Å²) in [7, 11) is 0. The number of carbonyl (C=O) groups excluding carboxylic acids is 2. The van der Waals surface area contributed by atoms with Gasteiger partial charge >= 0.3 is 6.09 Å². The number of morpholine rings is 2. The van der Waals surface area contributed by atoms with Gasteiger partial charge in [-0.25, -0.2) is 4.79 Å². The van der Waals surface area contributed by atoms with Crippen LogP contribution in [-0.2, 0) is 14.3 Å². The molecule has 3 atom stereocenters. The fourth-order valence-corrected chi connectivity index (χ4v) is 5.16. The molecular weight excluding hydrogens is 464 g/mol. The van der Waals surface area contributed by atoms with Gasteiger partial charge in [0.2, 0.25) is 0 Å². The lowest BCUT2D eigenvalue weighted by Gasteiger charge is -2.45. The van der Waals surface area contributed by atoms with Gasteiger partial charge in [-0.1, -0.05) is 0 Å². The number of fused-ring (bicyclic) bond motifs is 2. The highest BCUT2D eigenvalue weighted by molar-refractivity contribution is 5.78. The number of hydrogen-bond acceptors (Lipinski definition) is 9. The topological polar surface area (TPSA) is 116 Å². The van der Waals surface area contributed by atoms with Gasteiger partial charge in [-0.2, -0.15) is 5.26 Å². The zero-order chi connectivity index (χ0) is 25.5. The number of β-amino-alcohol motifs (C(OH)–C–C–N with tert-alkyl or cyclic N) is 1. The number of rotatable bonds is 9. The predicted octanol–water partition coefficient (Wildman–Crippen LogP) is 1.12. The highest BCUT2D eigenvalue weighted by Crippen LogP contribution is 2.21. The molecule has 1 amide bonds. The van der Waals surface area contributed by atoms with Crippen LogP contribution in [0.4, 0.5) is 4.79 Å². The smallest absolute Gasteiger partial charge is 0.409 e. The van der Waals surface area contributed by atoms with Crippen LogP contribution in [0.3, 0.4) is 0 Å². The molecule has 0 spiro atoms. The van der Waals surface area contributed by atoms with Crippen molar-refractivity contribution in [1.82, 2.24) is 14.7 Å². The molecule has 196 valence electrons. The molecule has 36 heavy (non-hydrogen) atoms. The molecule has 0 saturated carbocycles. The summed E-state index contributed by atoms with van der Waals surface area (Å²) >= 11 is 0. The van der Waals surface area contributed by atoms with Crippen LogP contribution < -0.4 is 4.74 Å². The molecule has 3 aliphatic rings. The first-order valence-electron chi connectivity index (χ1n) is 12.7. The molecule has 0 aliphatic carbocycles. The van der Waals surface area contributed by atoms with E-state index in [1.807, 2.05) is 0 Å². The summed E-state index contributed by atoms with van der Waals surface area (Å²) in [5.74, 6) is 1.05. The van der Waals surface area contributed by atoms with Crippen molar-refractivity contribution >= 4 is 11.9 Å². The summed E-state index contributed by atoms with van der Waals surface area (Å²) in [6.45, 7) is 7.21. The molecule has 2 bridgehead atoms. The van der Waals surface area contributed by atoms with E-state index in [1.54, 1.807) is 36.1 Å². The summed E-state index contributed by atoms with van der Waals surface area (Å²) in [6.07, 6.45) is 0.535. The number of piperidine rings is 1. The summed E-state index contributed by atoms with van der Waals surface area (Å²) in [4.78, 5) is 30.3. The summed E-state index contributed by atoms with van der Waals surface area (Å²) < 4.78 is 17.2. The van der Waals surface area contributed by atoms with Crippen LogP contribution in [0.25, 0.3) is 0 Å². The monoisotopic (exact) mass is 500 g/mol. The number of amides is 1. The zero-order valence-electron chi connectivity index (χ0n) is 20.9. The van der Waals surface area contributed by atoms with Gasteiger partial charge in [0.25, 0.3) is 0 Å². The van der Waals surface area contributed by atoms with E-state index in [2.05, 4.69) is 15.9 Å². The van der Waals surface area contributed by atoms with E-state index in [9.17, 15) is 14.7 Å². The number of likely N-dealkylation sites (tertiary alicyclic amines) is 1. The number of aliphatic hydroxyl groups is 1. The van der Waals surface area contributed by atoms with Gasteiger partial charge in [0.05, 0.1) is 36.9 Å². The van der Waals surface area contributed by atoms with Crippen molar-refractivity contribution in [3.05, 3.63) is 29.8 Å². The third-order valence-electron chi connectivity index (χ3n) is 7.11. The molecule has 1 aromatic carbocycles. The minimum absolute atomic E-state index is 0.123. The Morgan fingerprint density at radius 3 is 2.39 bits per heavy atom. The summed E-state index contributed by atoms with van der Waals surface area (Å²) in [5, 5.41) is 19.3. The molecule has 3 unspecified atom stereocenters. The Kier molecular flexibility index (Phi) is 9.15. The second kappa shape index (κ2) is 12.5. The molecule has 3 fully saturated rings.